The van der Waals surface area contributed by atoms with Gasteiger partial charge in [-0.15, -0.1) is 0 Å². The Bertz CT molecular complexity index is 320. The highest BCUT2D eigenvalue weighted by atomic mass is 16.7. The lowest BCUT2D eigenvalue weighted by Gasteiger charge is -2.22. The molecule has 0 aromatic rings. The number of rotatable bonds is 3. The van der Waals surface area contributed by atoms with E-state index < -0.39 is 30.1 Å². The molecule has 0 saturated carbocycles. The molecule has 0 N–H and O–H groups in total. The Labute approximate surface area is 94.1 Å². The number of hydrogen-bond donors (Lipinski definition) is 0. The normalized spacial score (nSPS) is 29.1. The molecule has 0 amide bonds. The van der Waals surface area contributed by atoms with Crippen LogP contribution in [-0.4, -0.2) is 24.0 Å². The molecule has 5 nitrogen and oxygen atoms in total. The van der Waals surface area contributed by atoms with E-state index in [4.69, 9.17) is 9.47 Å². The lowest BCUT2D eigenvalue weighted by molar-refractivity contribution is -0.181. The van der Waals surface area contributed by atoms with Gasteiger partial charge in [0.05, 0.1) is 5.92 Å². The second-order valence-electron chi connectivity index (χ2n) is 4.32. The molecule has 1 saturated heterocycles. The Morgan fingerprint density at radius 3 is 2.25 bits per heavy atom. The largest absolute Gasteiger partial charge is 0.425 e. The van der Waals surface area contributed by atoms with Gasteiger partial charge in [-0.2, -0.15) is 0 Å². The molecule has 0 aliphatic carbocycles. The van der Waals surface area contributed by atoms with Crippen molar-refractivity contribution in [3.8, 4) is 0 Å². The van der Waals surface area contributed by atoms with Gasteiger partial charge in [0.2, 0.25) is 0 Å². The van der Waals surface area contributed by atoms with Crippen molar-refractivity contribution in [2.45, 2.75) is 34.0 Å². The van der Waals surface area contributed by atoms with Crippen LogP contribution in [0.5, 0.6) is 0 Å². The fourth-order valence-corrected chi connectivity index (χ4v) is 1.98. The van der Waals surface area contributed by atoms with Gasteiger partial charge >= 0.3 is 11.9 Å². The summed E-state index contributed by atoms with van der Waals surface area (Å²) < 4.78 is 9.82. The van der Waals surface area contributed by atoms with Crippen molar-refractivity contribution in [2.24, 2.45) is 17.8 Å². The van der Waals surface area contributed by atoms with Gasteiger partial charge in [-0.25, -0.2) is 0 Å². The number of ketones is 1. The average molecular weight is 228 g/mol. The quantitative estimate of drug-likeness (QED) is 0.530. The minimum absolute atomic E-state index is 0.0182. The van der Waals surface area contributed by atoms with E-state index in [-0.39, 0.29) is 11.7 Å². The third-order valence-electron chi connectivity index (χ3n) is 2.68. The van der Waals surface area contributed by atoms with Gasteiger partial charge < -0.3 is 9.47 Å². The summed E-state index contributed by atoms with van der Waals surface area (Å²) in [6, 6.07) is 0. The van der Waals surface area contributed by atoms with Crippen molar-refractivity contribution in [1.82, 2.24) is 0 Å². The van der Waals surface area contributed by atoms with Crippen molar-refractivity contribution in [3.63, 3.8) is 0 Å². The summed E-state index contributed by atoms with van der Waals surface area (Å²) in [6.07, 6.45) is -0.932. The van der Waals surface area contributed by atoms with Crippen LogP contribution in [0.2, 0.25) is 0 Å². The Morgan fingerprint density at radius 2 is 1.88 bits per heavy atom. The fraction of sp³-hybridized carbons (Fsp3) is 0.727. The van der Waals surface area contributed by atoms with Crippen LogP contribution >= 0.6 is 0 Å². The maximum Gasteiger partial charge on any atom is 0.320 e. The number of ether oxygens (including phenoxy) is 2. The molecule has 5 heteroatoms. The highest BCUT2D eigenvalue weighted by Gasteiger charge is 2.50. The van der Waals surface area contributed by atoms with Crippen molar-refractivity contribution in [1.29, 1.82) is 0 Å². The van der Waals surface area contributed by atoms with Crippen LogP contribution in [0.3, 0.4) is 0 Å². The molecule has 0 aromatic carbocycles. The van der Waals surface area contributed by atoms with Gasteiger partial charge in [0, 0.05) is 6.92 Å². The van der Waals surface area contributed by atoms with Crippen LogP contribution in [0.4, 0.5) is 0 Å². The van der Waals surface area contributed by atoms with Gasteiger partial charge in [-0.3, -0.25) is 14.4 Å². The Balaban J connectivity index is 2.92. The molecule has 3 atom stereocenters. The van der Waals surface area contributed by atoms with Crippen molar-refractivity contribution in [3.05, 3.63) is 0 Å². The van der Waals surface area contributed by atoms with Crippen LogP contribution < -0.4 is 0 Å². The smallest absolute Gasteiger partial charge is 0.320 e. The Morgan fingerprint density at radius 1 is 1.31 bits per heavy atom. The molecule has 1 aliphatic heterocycles. The lowest BCUT2D eigenvalue weighted by atomic mass is 9.82. The molecule has 1 rings (SSSR count). The van der Waals surface area contributed by atoms with Gasteiger partial charge in [-0.1, -0.05) is 13.8 Å². The third-order valence-corrected chi connectivity index (χ3v) is 2.68. The second kappa shape index (κ2) is 4.63. The predicted molar refractivity (Wildman–Crippen MR) is 54.1 cm³/mol. The van der Waals surface area contributed by atoms with Gasteiger partial charge in [0.1, 0.15) is 11.7 Å². The Kier molecular flexibility index (Phi) is 3.67. The van der Waals surface area contributed by atoms with E-state index in [1.165, 1.54) is 13.8 Å². The van der Waals surface area contributed by atoms with Crippen molar-refractivity contribution < 1.29 is 23.9 Å². The fourth-order valence-electron chi connectivity index (χ4n) is 1.98. The molecular weight excluding hydrogens is 212 g/mol. The summed E-state index contributed by atoms with van der Waals surface area (Å²) in [5, 5.41) is 0. The zero-order chi connectivity index (χ0) is 12.5. The van der Waals surface area contributed by atoms with Crippen LogP contribution in [-0.2, 0) is 23.9 Å². The minimum Gasteiger partial charge on any atom is -0.425 e. The van der Waals surface area contributed by atoms with Crippen molar-refractivity contribution in [2.75, 3.05) is 0 Å². The van der Waals surface area contributed by atoms with Crippen molar-refractivity contribution >= 4 is 17.7 Å². The van der Waals surface area contributed by atoms with Crippen LogP contribution in [0.25, 0.3) is 0 Å². The van der Waals surface area contributed by atoms with Gasteiger partial charge in [-0.05, 0) is 12.8 Å². The first-order valence-corrected chi connectivity index (χ1v) is 5.22. The maximum atomic E-state index is 11.5. The first-order valence-electron chi connectivity index (χ1n) is 5.22. The number of hydrogen-bond acceptors (Lipinski definition) is 5. The second-order valence-corrected chi connectivity index (χ2v) is 4.32. The summed E-state index contributed by atoms with van der Waals surface area (Å²) in [7, 11) is 0. The first kappa shape index (κ1) is 12.7. The van der Waals surface area contributed by atoms with Crippen LogP contribution in [0.1, 0.15) is 27.7 Å². The van der Waals surface area contributed by atoms with Gasteiger partial charge in [0.15, 0.2) is 0 Å². The topological polar surface area (TPSA) is 69.7 Å². The van der Waals surface area contributed by atoms with E-state index in [0.717, 1.165) is 0 Å². The van der Waals surface area contributed by atoms with E-state index in [1.807, 2.05) is 13.8 Å². The molecule has 90 valence electrons. The lowest BCUT2D eigenvalue weighted by Crippen LogP contribution is -2.32. The average Bonchev–Trinajstić information content (AvgIpc) is 2.40. The molecule has 0 spiro atoms. The summed E-state index contributed by atoms with van der Waals surface area (Å²) >= 11 is 0. The number of carbonyl (C=O) groups excluding carboxylic acids is 3. The summed E-state index contributed by atoms with van der Waals surface area (Å²) in [5.41, 5.74) is 0. The molecule has 0 aromatic heterocycles. The number of Topliss-reactive ketones (excluding diaryl/α,β-unsaturated/α-hetero) is 1. The zero-order valence-electron chi connectivity index (χ0n) is 9.85. The highest BCUT2D eigenvalue weighted by molar-refractivity contribution is 5.99. The summed E-state index contributed by atoms with van der Waals surface area (Å²) in [4.78, 5) is 33.7. The molecule has 1 aliphatic rings. The van der Waals surface area contributed by atoms with Gasteiger partial charge in [0.25, 0.3) is 6.29 Å². The van der Waals surface area contributed by atoms with E-state index in [2.05, 4.69) is 0 Å². The zero-order valence-corrected chi connectivity index (χ0v) is 9.85. The number of carbonyl (C=O) groups is 3. The molecule has 16 heavy (non-hydrogen) atoms. The summed E-state index contributed by atoms with van der Waals surface area (Å²) in [5.74, 6) is -2.56. The van der Waals surface area contributed by atoms with E-state index in [9.17, 15) is 14.4 Å². The number of esters is 2. The predicted octanol–water partition coefficient (Wildman–Crippen LogP) is 0.910. The molecule has 0 radical (unpaired) electrons. The molecule has 1 fully saturated rings. The van der Waals surface area contributed by atoms with Crippen LogP contribution in [0.15, 0.2) is 0 Å². The van der Waals surface area contributed by atoms with Crippen LogP contribution in [0, 0.1) is 17.8 Å². The molecular formula is C11H16O5. The SMILES string of the molecule is CC(=O)O[C@@H]1OC(=O)[C@@H](C(C)=O)[C@@H]1C(C)C. The maximum absolute atomic E-state index is 11.5. The first-order chi connectivity index (χ1) is 7.34. The number of cyclic esters (lactones) is 1. The Hall–Kier alpha value is -1.39. The summed E-state index contributed by atoms with van der Waals surface area (Å²) in [6.45, 7) is 6.31. The molecule has 0 unspecified atom stereocenters. The standard InChI is InChI=1S/C11H16O5/c1-5(2)8-9(6(3)12)10(14)16-11(8)15-7(4)13/h5,8-9,11H,1-4H3/t8-,9-,11+/m0/s1. The third kappa shape index (κ3) is 2.40. The van der Waals surface area contributed by atoms with E-state index >= 15 is 0 Å². The van der Waals surface area contributed by atoms with E-state index in [0.29, 0.717) is 0 Å². The highest BCUT2D eigenvalue weighted by Crippen LogP contribution is 2.35. The monoisotopic (exact) mass is 228 g/mol. The molecule has 0 bridgehead atoms. The van der Waals surface area contributed by atoms with E-state index in [1.54, 1.807) is 0 Å². The minimum atomic E-state index is -0.932. The molecule has 1 heterocycles.